The molecule has 0 aliphatic carbocycles. The molecule has 0 aromatic carbocycles. The number of amides is 4. The number of hydrogen-bond donors (Lipinski definition) is 0. The minimum absolute atomic E-state index is 0.0205. The molecule has 0 aromatic heterocycles. The van der Waals surface area contributed by atoms with E-state index in [1.54, 1.807) is 0 Å². The van der Waals surface area contributed by atoms with Crippen LogP contribution in [0.1, 0.15) is 6.92 Å². The Morgan fingerprint density at radius 1 is 0.760 bits per heavy atom. The molecule has 0 radical (unpaired) electrons. The average molecular weight is 392 g/mol. The first kappa shape index (κ1) is 21.0. The maximum atomic E-state index is 13.5. The van der Waals surface area contributed by atoms with Crippen molar-refractivity contribution < 1.29 is 58.3 Å². The normalized spacial score (nSPS) is 22.1. The molecule has 1 rings (SSSR count). The first-order valence-corrected chi connectivity index (χ1v) is 5.96. The van der Waals surface area contributed by atoms with E-state index in [1.807, 2.05) is 0 Å². The highest BCUT2D eigenvalue weighted by molar-refractivity contribution is 6.18. The van der Waals surface area contributed by atoms with E-state index in [1.165, 1.54) is 0 Å². The molecule has 2 unspecified atom stereocenters. The van der Waals surface area contributed by atoms with Crippen molar-refractivity contribution >= 4 is 17.8 Å². The summed E-state index contributed by atoms with van der Waals surface area (Å²) in [7, 11) is 0. The van der Waals surface area contributed by atoms with E-state index in [4.69, 9.17) is 0 Å². The van der Waals surface area contributed by atoms with Gasteiger partial charge in [0.25, 0.3) is 18.0 Å². The van der Waals surface area contributed by atoms with Gasteiger partial charge in [-0.25, -0.2) is 19.0 Å². The maximum absolute atomic E-state index is 13.5. The number of nitrogens with zero attached hydrogens (tertiary/aromatic N) is 2. The zero-order chi connectivity index (χ0) is 20.1. The largest absolute Gasteiger partial charge is 0.418 e. The molecule has 0 saturated carbocycles. The van der Waals surface area contributed by atoms with E-state index in [2.05, 4.69) is 0 Å². The lowest BCUT2D eigenvalue weighted by atomic mass is 10.1. The van der Waals surface area contributed by atoms with Crippen LogP contribution in [0.25, 0.3) is 0 Å². The van der Waals surface area contributed by atoms with Crippen LogP contribution in [-0.2, 0) is 9.59 Å². The molecule has 1 fully saturated rings. The molecular formula is C10H6F10N2O3. The van der Waals surface area contributed by atoms with Gasteiger partial charge in [-0.1, -0.05) is 0 Å². The fourth-order valence-corrected chi connectivity index (χ4v) is 1.87. The Labute approximate surface area is 131 Å². The van der Waals surface area contributed by atoms with Gasteiger partial charge >= 0.3 is 24.6 Å². The molecule has 5 nitrogen and oxygen atoms in total. The number of rotatable bonds is 2. The summed E-state index contributed by atoms with van der Waals surface area (Å²) in [5.41, 5.74) is 0. The molecule has 15 heteroatoms. The molecule has 144 valence electrons. The number of urea groups is 1. The SMILES string of the molecule is CC(N1C(=O)C(F)C(=O)N(C(C(F)(F)F)C(F)(F)F)C1=O)C(F)(F)F. The molecule has 1 heterocycles. The number of barbiturate groups is 1. The van der Waals surface area contributed by atoms with Gasteiger partial charge in [0.05, 0.1) is 0 Å². The van der Waals surface area contributed by atoms with E-state index in [9.17, 15) is 58.3 Å². The van der Waals surface area contributed by atoms with Crippen LogP contribution in [0, 0.1) is 0 Å². The van der Waals surface area contributed by atoms with Crippen molar-refractivity contribution in [2.24, 2.45) is 0 Å². The Balaban J connectivity index is 3.52. The van der Waals surface area contributed by atoms with Crippen molar-refractivity contribution in [3.63, 3.8) is 0 Å². The topological polar surface area (TPSA) is 57.7 Å². The van der Waals surface area contributed by atoms with Crippen LogP contribution < -0.4 is 0 Å². The molecule has 1 saturated heterocycles. The number of carbonyl (C=O) groups is 3. The summed E-state index contributed by atoms with van der Waals surface area (Å²) in [4.78, 5) is 31.3. The molecule has 0 bridgehead atoms. The fourth-order valence-electron chi connectivity index (χ4n) is 1.87. The predicted octanol–water partition coefficient (Wildman–Crippen LogP) is 2.56. The van der Waals surface area contributed by atoms with Crippen LogP contribution in [0.2, 0.25) is 0 Å². The maximum Gasteiger partial charge on any atom is 0.418 e. The van der Waals surface area contributed by atoms with Crippen LogP contribution in [0.3, 0.4) is 0 Å². The van der Waals surface area contributed by atoms with Gasteiger partial charge in [-0.15, -0.1) is 0 Å². The second-order valence-electron chi connectivity index (χ2n) is 4.76. The van der Waals surface area contributed by atoms with Crippen LogP contribution in [0.15, 0.2) is 0 Å². The highest BCUT2D eigenvalue weighted by atomic mass is 19.4. The minimum Gasteiger partial charge on any atom is -0.270 e. The monoisotopic (exact) mass is 392 g/mol. The van der Waals surface area contributed by atoms with Gasteiger partial charge in [0.2, 0.25) is 6.04 Å². The zero-order valence-electron chi connectivity index (χ0n) is 11.6. The lowest BCUT2D eigenvalue weighted by Gasteiger charge is -2.41. The molecule has 2 atom stereocenters. The first-order valence-electron chi connectivity index (χ1n) is 5.96. The van der Waals surface area contributed by atoms with Crippen molar-refractivity contribution in [2.45, 2.75) is 43.7 Å². The summed E-state index contributed by atoms with van der Waals surface area (Å²) in [6, 6.07) is -11.1. The molecule has 25 heavy (non-hydrogen) atoms. The second kappa shape index (κ2) is 6.01. The standard InChI is InChI=1S/C10H6F10N2O3/c1-2(8(12,13)14)21-4(23)3(11)5(24)22(7(21)25)6(9(15,16)17)10(18,19)20/h2-3,6H,1H3. The highest BCUT2D eigenvalue weighted by Gasteiger charge is 2.67. The molecule has 1 aliphatic rings. The molecule has 1 aliphatic heterocycles. The van der Waals surface area contributed by atoms with Crippen LogP contribution in [0.5, 0.6) is 0 Å². The lowest BCUT2D eigenvalue weighted by Crippen LogP contribution is -2.71. The molecule has 0 aromatic rings. The van der Waals surface area contributed by atoms with Gasteiger partial charge in [0.1, 0.15) is 6.04 Å². The summed E-state index contributed by atoms with van der Waals surface area (Å²) in [5, 5.41) is 0. The fraction of sp³-hybridized carbons (Fsp3) is 0.700. The third-order valence-electron chi connectivity index (χ3n) is 3.06. The average Bonchev–Trinajstić information content (AvgIpc) is 2.37. The lowest BCUT2D eigenvalue weighted by molar-refractivity contribution is -0.280. The summed E-state index contributed by atoms with van der Waals surface area (Å²) >= 11 is 0. The first-order chi connectivity index (χ1) is 10.9. The van der Waals surface area contributed by atoms with Crippen molar-refractivity contribution in [2.75, 3.05) is 0 Å². The van der Waals surface area contributed by atoms with Gasteiger partial charge in [-0.05, 0) is 6.92 Å². The van der Waals surface area contributed by atoms with Crippen molar-refractivity contribution in [1.29, 1.82) is 0 Å². The Kier molecular flexibility index (Phi) is 5.04. The number of hydrogen-bond acceptors (Lipinski definition) is 3. The number of carbonyl (C=O) groups excluding carboxylic acids is 3. The van der Waals surface area contributed by atoms with Gasteiger partial charge in [0.15, 0.2) is 0 Å². The summed E-state index contributed by atoms with van der Waals surface area (Å²) in [6.45, 7) is 0.0205. The number of alkyl halides is 10. The van der Waals surface area contributed by atoms with Gasteiger partial charge in [0, 0.05) is 0 Å². The Bertz CT molecular complexity index is 567. The quantitative estimate of drug-likeness (QED) is 0.536. The van der Waals surface area contributed by atoms with Crippen molar-refractivity contribution in [3.8, 4) is 0 Å². The van der Waals surface area contributed by atoms with E-state index in [0.29, 0.717) is 0 Å². The third kappa shape index (κ3) is 3.78. The van der Waals surface area contributed by atoms with Crippen LogP contribution in [0.4, 0.5) is 48.7 Å². The summed E-state index contributed by atoms with van der Waals surface area (Å²) in [5.74, 6) is -5.38. The van der Waals surface area contributed by atoms with Gasteiger partial charge in [-0.2, -0.15) is 39.5 Å². The molecular weight excluding hydrogens is 386 g/mol. The minimum atomic E-state index is -6.38. The zero-order valence-corrected chi connectivity index (χ0v) is 11.6. The molecule has 0 spiro atoms. The van der Waals surface area contributed by atoms with E-state index >= 15 is 0 Å². The Morgan fingerprint density at radius 2 is 1.12 bits per heavy atom. The Morgan fingerprint density at radius 3 is 1.44 bits per heavy atom. The predicted molar refractivity (Wildman–Crippen MR) is 55.4 cm³/mol. The molecule has 0 N–H and O–H groups in total. The highest BCUT2D eigenvalue weighted by Crippen LogP contribution is 2.40. The van der Waals surface area contributed by atoms with E-state index in [-0.39, 0.29) is 6.92 Å². The van der Waals surface area contributed by atoms with E-state index in [0.717, 1.165) is 0 Å². The van der Waals surface area contributed by atoms with Crippen molar-refractivity contribution in [3.05, 3.63) is 0 Å². The van der Waals surface area contributed by atoms with E-state index < -0.39 is 64.4 Å². The van der Waals surface area contributed by atoms with Crippen LogP contribution in [-0.4, -0.2) is 64.4 Å². The summed E-state index contributed by atoms with van der Waals surface area (Å²) in [6.07, 6.45) is -22.1. The smallest absolute Gasteiger partial charge is 0.270 e. The second-order valence-corrected chi connectivity index (χ2v) is 4.76. The summed E-state index contributed by atoms with van der Waals surface area (Å²) < 4.78 is 127. The molecule has 4 amide bonds. The van der Waals surface area contributed by atoms with Gasteiger partial charge in [-0.3, -0.25) is 9.59 Å². The van der Waals surface area contributed by atoms with Crippen LogP contribution >= 0.6 is 0 Å². The number of imide groups is 2. The number of halogens is 10. The van der Waals surface area contributed by atoms with Gasteiger partial charge < -0.3 is 0 Å². The van der Waals surface area contributed by atoms with Crippen molar-refractivity contribution in [1.82, 2.24) is 9.80 Å². The third-order valence-corrected chi connectivity index (χ3v) is 3.06. The Hall–Kier alpha value is -2.09.